The molecule has 3 heterocycles. The topological polar surface area (TPSA) is 73.6 Å². The van der Waals surface area contributed by atoms with E-state index in [-0.39, 0.29) is 19.3 Å². The molecule has 6 nitrogen and oxygen atoms in total. The molecule has 134 valence electrons. The van der Waals surface area contributed by atoms with Gasteiger partial charge in [-0.15, -0.1) is 0 Å². The molecular formula is C19H26N4O2. The summed E-state index contributed by atoms with van der Waals surface area (Å²) in [5, 5.41) is 27.7. The first kappa shape index (κ1) is 16.7. The first-order chi connectivity index (χ1) is 12.2. The maximum absolute atomic E-state index is 10.1. The van der Waals surface area contributed by atoms with E-state index < -0.39 is 5.54 Å². The highest BCUT2D eigenvalue weighted by Crippen LogP contribution is 2.48. The van der Waals surface area contributed by atoms with Gasteiger partial charge in [-0.2, -0.15) is 5.10 Å². The van der Waals surface area contributed by atoms with Crippen LogP contribution < -0.4 is 5.32 Å². The van der Waals surface area contributed by atoms with Crippen molar-refractivity contribution < 1.29 is 10.2 Å². The first-order valence-corrected chi connectivity index (χ1v) is 8.95. The second kappa shape index (κ2) is 6.53. The van der Waals surface area contributed by atoms with E-state index >= 15 is 0 Å². The molecule has 2 saturated heterocycles. The molecule has 3 N–H and O–H groups in total. The van der Waals surface area contributed by atoms with Gasteiger partial charge in [-0.05, 0) is 49.1 Å². The zero-order valence-corrected chi connectivity index (χ0v) is 14.5. The van der Waals surface area contributed by atoms with E-state index in [1.807, 2.05) is 16.9 Å². The molecule has 1 aromatic heterocycles. The van der Waals surface area contributed by atoms with E-state index in [9.17, 15) is 10.2 Å². The number of hydrogen-bond acceptors (Lipinski definition) is 5. The van der Waals surface area contributed by atoms with Gasteiger partial charge in [0.1, 0.15) is 0 Å². The van der Waals surface area contributed by atoms with E-state index in [0.717, 1.165) is 18.8 Å². The lowest BCUT2D eigenvalue weighted by atomic mass is 9.79. The highest BCUT2D eigenvalue weighted by molar-refractivity contribution is 5.38. The van der Waals surface area contributed by atoms with Crippen molar-refractivity contribution in [3.8, 4) is 5.69 Å². The van der Waals surface area contributed by atoms with Gasteiger partial charge < -0.3 is 20.4 Å². The Morgan fingerprint density at radius 3 is 2.88 bits per heavy atom. The zero-order valence-electron chi connectivity index (χ0n) is 14.5. The molecule has 2 fully saturated rings. The van der Waals surface area contributed by atoms with Crippen LogP contribution in [0.15, 0.2) is 42.7 Å². The molecule has 6 heteroatoms. The van der Waals surface area contributed by atoms with Crippen LogP contribution in [0.5, 0.6) is 0 Å². The highest BCUT2D eigenvalue weighted by Gasteiger charge is 2.55. The maximum atomic E-state index is 10.1. The minimum absolute atomic E-state index is 0.0535. The summed E-state index contributed by atoms with van der Waals surface area (Å²) >= 11 is 0. The highest BCUT2D eigenvalue weighted by atomic mass is 16.3. The number of nitrogens with zero attached hydrogens (tertiary/aromatic N) is 3. The second-order valence-electron chi connectivity index (χ2n) is 7.45. The van der Waals surface area contributed by atoms with E-state index in [2.05, 4.69) is 46.6 Å². The number of aliphatic hydroxyl groups is 2. The van der Waals surface area contributed by atoms with Gasteiger partial charge in [-0.1, -0.05) is 12.1 Å². The van der Waals surface area contributed by atoms with Crippen molar-refractivity contribution in [3.63, 3.8) is 0 Å². The van der Waals surface area contributed by atoms with Crippen molar-refractivity contribution in [1.29, 1.82) is 0 Å². The van der Waals surface area contributed by atoms with Crippen LogP contribution in [0.25, 0.3) is 5.69 Å². The Labute approximate surface area is 148 Å². The van der Waals surface area contributed by atoms with E-state index in [1.165, 1.54) is 5.56 Å². The summed E-state index contributed by atoms with van der Waals surface area (Å²) in [4.78, 5) is 2.34. The number of fused-ring (bicyclic) bond motifs is 1. The smallest absolute Gasteiger partial charge is 0.0648 e. The number of benzene rings is 1. The Kier molecular flexibility index (Phi) is 4.37. The Balaban J connectivity index is 1.69. The van der Waals surface area contributed by atoms with E-state index in [0.29, 0.717) is 18.3 Å². The van der Waals surface area contributed by atoms with Gasteiger partial charge in [0.2, 0.25) is 0 Å². The van der Waals surface area contributed by atoms with Gasteiger partial charge in [0, 0.05) is 43.7 Å². The minimum atomic E-state index is -0.406. The fourth-order valence-electron chi connectivity index (χ4n) is 4.79. The summed E-state index contributed by atoms with van der Waals surface area (Å²) in [6, 6.07) is 10.5. The number of aliphatic hydroxyl groups excluding tert-OH is 2. The van der Waals surface area contributed by atoms with Crippen molar-refractivity contribution in [2.24, 2.45) is 11.8 Å². The summed E-state index contributed by atoms with van der Waals surface area (Å²) in [5.41, 5.74) is 1.85. The molecule has 2 aliphatic rings. The van der Waals surface area contributed by atoms with Gasteiger partial charge in [0.15, 0.2) is 0 Å². The second-order valence-corrected chi connectivity index (χ2v) is 7.45. The van der Waals surface area contributed by atoms with E-state index in [1.54, 1.807) is 6.20 Å². The van der Waals surface area contributed by atoms with Gasteiger partial charge in [-0.25, -0.2) is 4.68 Å². The quantitative estimate of drug-likeness (QED) is 0.750. The molecule has 0 aliphatic carbocycles. The summed E-state index contributed by atoms with van der Waals surface area (Å²) in [7, 11) is 2.14. The predicted molar refractivity (Wildman–Crippen MR) is 95.4 cm³/mol. The average Bonchev–Trinajstić information content (AvgIpc) is 3.33. The molecule has 1 aromatic carbocycles. The summed E-state index contributed by atoms with van der Waals surface area (Å²) in [5.74, 6) is 0.768. The molecule has 0 radical (unpaired) electrons. The van der Waals surface area contributed by atoms with Crippen LogP contribution in [-0.2, 0) is 0 Å². The zero-order chi connectivity index (χ0) is 17.4. The Bertz CT molecular complexity index is 720. The molecule has 0 saturated carbocycles. The van der Waals surface area contributed by atoms with Crippen molar-refractivity contribution in [3.05, 3.63) is 48.3 Å². The molecule has 0 unspecified atom stereocenters. The number of aromatic nitrogens is 2. The van der Waals surface area contributed by atoms with Gasteiger partial charge >= 0.3 is 0 Å². The molecule has 2 aliphatic heterocycles. The Morgan fingerprint density at radius 1 is 1.28 bits per heavy atom. The maximum Gasteiger partial charge on any atom is 0.0648 e. The van der Waals surface area contributed by atoms with Crippen LogP contribution in [0, 0.1) is 11.8 Å². The molecule has 4 rings (SSSR count). The molecule has 0 bridgehead atoms. The number of hydrogen-bond donors (Lipinski definition) is 3. The molecule has 0 spiro atoms. The molecule has 25 heavy (non-hydrogen) atoms. The van der Waals surface area contributed by atoms with Crippen LogP contribution in [-0.4, -0.2) is 63.8 Å². The lowest BCUT2D eigenvalue weighted by molar-refractivity contribution is 0.0993. The lowest BCUT2D eigenvalue weighted by Gasteiger charge is -2.33. The molecule has 0 amide bonds. The van der Waals surface area contributed by atoms with Gasteiger partial charge in [-0.3, -0.25) is 0 Å². The largest absolute Gasteiger partial charge is 0.396 e. The van der Waals surface area contributed by atoms with Crippen LogP contribution >= 0.6 is 0 Å². The predicted octanol–water partition coefficient (Wildman–Crippen LogP) is 0.808. The fraction of sp³-hybridized carbons (Fsp3) is 0.526. The standard InChI is InChI=1S/C19H26N4O2/c1-22-11-16-17(12-22)19(13-25,6-9-24)21-18(16)14-4-2-5-15(10-14)23-8-3-7-20-23/h2-5,7-8,10,16-18,21,24-25H,6,9,11-13H2,1H3/t16-,17+,18-,19+/m1/s1. The average molecular weight is 342 g/mol. The van der Waals surface area contributed by atoms with Crippen LogP contribution in [0.3, 0.4) is 0 Å². The number of rotatable bonds is 5. The monoisotopic (exact) mass is 342 g/mol. The molecular weight excluding hydrogens is 316 g/mol. The summed E-state index contributed by atoms with van der Waals surface area (Å²) < 4.78 is 1.86. The van der Waals surface area contributed by atoms with Crippen molar-refractivity contribution >= 4 is 0 Å². The summed E-state index contributed by atoms with van der Waals surface area (Å²) in [6.07, 6.45) is 4.30. The third kappa shape index (κ3) is 2.79. The number of likely N-dealkylation sites (tertiary alicyclic amines) is 1. The first-order valence-electron chi connectivity index (χ1n) is 8.95. The fourth-order valence-corrected chi connectivity index (χ4v) is 4.79. The Hall–Kier alpha value is -1.73. The Morgan fingerprint density at radius 2 is 2.16 bits per heavy atom. The summed E-state index contributed by atoms with van der Waals surface area (Å²) in [6.45, 7) is 2.09. The molecule has 2 aromatic rings. The van der Waals surface area contributed by atoms with Crippen LogP contribution in [0.4, 0.5) is 0 Å². The molecule has 4 atom stereocenters. The third-order valence-electron chi connectivity index (χ3n) is 5.97. The lowest BCUT2D eigenvalue weighted by Crippen LogP contribution is -2.51. The SMILES string of the molecule is CN1C[C@H]2[C@@H](c3cccc(-n4cccn4)c3)N[C@](CO)(CCO)[C@H]2C1. The third-order valence-corrected chi connectivity index (χ3v) is 5.97. The van der Waals surface area contributed by atoms with Crippen LogP contribution in [0.1, 0.15) is 18.0 Å². The van der Waals surface area contributed by atoms with Crippen molar-refractivity contribution in [2.45, 2.75) is 18.0 Å². The number of nitrogens with one attached hydrogen (secondary N) is 1. The van der Waals surface area contributed by atoms with Crippen molar-refractivity contribution in [2.75, 3.05) is 33.4 Å². The normalized spacial score (nSPS) is 32.2. The van der Waals surface area contributed by atoms with Gasteiger partial charge in [0.05, 0.1) is 12.3 Å². The van der Waals surface area contributed by atoms with Crippen molar-refractivity contribution in [1.82, 2.24) is 20.0 Å². The van der Waals surface area contributed by atoms with Gasteiger partial charge in [0.25, 0.3) is 0 Å². The van der Waals surface area contributed by atoms with Crippen LogP contribution in [0.2, 0.25) is 0 Å². The van der Waals surface area contributed by atoms with E-state index in [4.69, 9.17) is 0 Å². The minimum Gasteiger partial charge on any atom is -0.396 e.